The molecule has 1 saturated carbocycles. The maximum absolute atomic E-state index is 13.7. The van der Waals surface area contributed by atoms with Crippen molar-refractivity contribution in [2.24, 2.45) is 0 Å². The lowest BCUT2D eigenvalue weighted by Crippen LogP contribution is -2.52. The van der Waals surface area contributed by atoms with E-state index in [4.69, 9.17) is 9.47 Å². The lowest BCUT2D eigenvalue weighted by Gasteiger charge is -2.33. The molecule has 2 aliphatic rings. The Labute approximate surface area is 226 Å². The molecule has 1 aliphatic heterocycles. The van der Waals surface area contributed by atoms with Crippen molar-refractivity contribution in [3.8, 4) is 11.5 Å². The van der Waals surface area contributed by atoms with Gasteiger partial charge in [-0.15, -0.1) is 0 Å². The molecule has 9 nitrogen and oxygen atoms in total. The van der Waals surface area contributed by atoms with Gasteiger partial charge in [0.1, 0.15) is 12.6 Å². The van der Waals surface area contributed by atoms with E-state index in [1.165, 1.54) is 11.0 Å². The predicted octanol–water partition coefficient (Wildman–Crippen LogP) is 3.81. The summed E-state index contributed by atoms with van der Waals surface area (Å²) in [5, 5.41) is 3.09. The number of carbonyl (C=O) groups excluding carboxylic acids is 2. The third-order valence-electron chi connectivity index (χ3n) is 6.68. The smallest absolute Gasteiger partial charge is 0.244 e. The zero-order chi connectivity index (χ0) is 26.6. The summed E-state index contributed by atoms with van der Waals surface area (Å²) in [7, 11) is -3.83. The standard InChI is InChI=1S/C26H32BrN3O6S/c1-18(26(32)28-21-9-4-3-5-10-21)29(15-19-7-6-8-20(27)13-19)25(31)16-30(37(2,33)34)22-11-12-23-24(14-22)36-17-35-23/h6-8,11-14,18,21H,3-5,9-10,15-17H2,1-2H3,(H,28,32). The van der Waals surface area contributed by atoms with E-state index >= 15 is 0 Å². The van der Waals surface area contributed by atoms with Crippen LogP contribution in [0.25, 0.3) is 0 Å². The number of fused-ring (bicyclic) bond motifs is 1. The van der Waals surface area contributed by atoms with Crippen LogP contribution in [0.5, 0.6) is 11.5 Å². The fourth-order valence-corrected chi connectivity index (χ4v) is 5.93. The Kier molecular flexibility index (Phi) is 8.63. The molecule has 1 unspecified atom stereocenters. The topological polar surface area (TPSA) is 105 Å². The predicted molar refractivity (Wildman–Crippen MR) is 144 cm³/mol. The first kappa shape index (κ1) is 27.3. The Balaban J connectivity index is 1.59. The number of nitrogens with zero attached hydrogens (tertiary/aromatic N) is 2. The summed E-state index contributed by atoms with van der Waals surface area (Å²) in [6.45, 7) is 1.41. The maximum Gasteiger partial charge on any atom is 0.244 e. The van der Waals surface area contributed by atoms with Gasteiger partial charge in [0.2, 0.25) is 28.6 Å². The number of nitrogens with one attached hydrogen (secondary N) is 1. The van der Waals surface area contributed by atoms with Crippen molar-refractivity contribution in [3.05, 3.63) is 52.5 Å². The number of carbonyl (C=O) groups is 2. The van der Waals surface area contributed by atoms with E-state index in [0.717, 1.165) is 52.7 Å². The van der Waals surface area contributed by atoms with Gasteiger partial charge in [-0.25, -0.2) is 8.42 Å². The third-order valence-corrected chi connectivity index (χ3v) is 8.32. The largest absolute Gasteiger partial charge is 0.454 e. The first-order valence-corrected chi connectivity index (χ1v) is 15.0. The molecule has 200 valence electrons. The zero-order valence-electron chi connectivity index (χ0n) is 21.0. The van der Waals surface area contributed by atoms with Crippen LogP contribution in [0, 0.1) is 0 Å². The van der Waals surface area contributed by atoms with E-state index in [2.05, 4.69) is 21.2 Å². The Hall–Kier alpha value is -2.79. The highest BCUT2D eigenvalue weighted by atomic mass is 79.9. The van der Waals surface area contributed by atoms with Gasteiger partial charge in [0.05, 0.1) is 11.9 Å². The van der Waals surface area contributed by atoms with E-state index in [-0.39, 0.29) is 31.0 Å². The van der Waals surface area contributed by atoms with Crippen LogP contribution >= 0.6 is 15.9 Å². The number of hydrogen-bond acceptors (Lipinski definition) is 6. The number of hydrogen-bond donors (Lipinski definition) is 1. The summed E-state index contributed by atoms with van der Waals surface area (Å²) in [6, 6.07) is 11.5. The third kappa shape index (κ3) is 6.95. The molecular weight excluding hydrogens is 562 g/mol. The number of halogens is 1. The molecule has 1 fully saturated rings. The Morgan fingerprint density at radius 3 is 2.51 bits per heavy atom. The second kappa shape index (κ2) is 11.7. The monoisotopic (exact) mass is 593 g/mol. The van der Waals surface area contributed by atoms with Crippen LogP contribution in [-0.4, -0.2) is 56.8 Å². The zero-order valence-corrected chi connectivity index (χ0v) is 23.4. The molecule has 1 aliphatic carbocycles. The number of benzene rings is 2. The van der Waals surface area contributed by atoms with Gasteiger partial charge in [-0.1, -0.05) is 47.3 Å². The molecule has 0 radical (unpaired) electrons. The van der Waals surface area contributed by atoms with E-state index in [1.54, 1.807) is 19.1 Å². The Morgan fingerprint density at radius 2 is 1.81 bits per heavy atom. The van der Waals surface area contributed by atoms with Crippen molar-refractivity contribution in [2.75, 3.05) is 23.9 Å². The number of sulfonamides is 1. The van der Waals surface area contributed by atoms with Crippen molar-refractivity contribution in [1.82, 2.24) is 10.2 Å². The van der Waals surface area contributed by atoms with E-state index < -0.39 is 28.5 Å². The van der Waals surface area contributed by atoms with Gasteiger partial charge in [-0.05, 0) is 49.6 Å². The maximum atomic E-state index is 13.7. The van der Waals surface area contributed by atoms with Crippen molar-refractivity contribution >= 4 is 43.5 Å². The van der Waals surface area contributed by atoms with Gasteiger partial charge < -0.3 is 19.7 Å². The minimum Gasteiger partial charge on any atom is -0.454 e. The minimum absolute atomic E-state index is 0.0463. The summed E-state index contributed by atoms with van der Waals surface area (Å²) < 4.78 is 38.1. The molecule has 1 heterocycles. The number of ether oxygens (including phenoxy) is 2. The summed E-state index contributed by atoms with van der Waals surface area (Å²) in [4.78, 5) is 28.4. The van der Waals surface area contributed by atoms with Crippen LogP contribution in [0.4, 0.5) is 5.69 Å². The average molecular weight is 595 g/mol. The fraction of sp³-hybridized carbons (Fsp3) is 0.462. The second-order valence-corrected chi connectivity index (χ2v) is 12.3. The van der Waals surface area contributed by atoms with Crippen molar-refractivity contribution < 1.29 is 27.5 Å². The van der Waals surface area contributed by atoms with Gasteiger partial charge in [0.15, 0.2) is 11.5 Å². The molecule has 1 atom stereocenters. The Morgan fingerprint density at radius 1 is 1.08 bits per heavy atom. The van der Waals surface area contributed by atoms with Crippen LogP contribution in [0.2, 0.25) is 0 Å². The summed E-state index contributed by atoms with van der Waals surface area (Å²) >= 11 is 3.45. The molecule has 2 aromatic rings. The van der Waals surface area contributed by atoms with Crippen molar-refractivity contribution in [2.45, 2.75) is 57.7 Å². The van der Waals surface area contributed by atoms with Crippen LogP contribution < -0.4 is 19.1 Å². The van der Waals surface area contributed by atoms with Gasteiger partial charge >= 0.3 is 0 Å². The van der Waals surface area contributed by atoms with Crippen LogP contribution in [0.1, 0.15) is 44.6 Å². The molecule has 0 aromatic heterocycles. The second-order valence-electron chi connectivity index (χ2n) is 9.48. The first-order valence-electron chi connectivity index (χ1n) is 12.3. The number of rotatable bonds is 9. The van der Waals surface area contributed by atoms with Gasteiger partial charge in [0.25, 0.3) is 0 Å². The number of anilines is 1. The van der Waals surface area contributed by atoms with E-state index in [0.29, 0.717) is 11.5 Å². The summed E-state index contributed by atoms with van der Waals surface area (Å²) in [5.74, 6) is 0.177. The Bertz CT molecular complexity index is 1250. The number of amides is 2. The quantitative estimate of drug-likeness (QED) is 0.474. The highest BCUT2D eigenvalue weighted by molar-refractivity contribution is 9.10. The molecule has 2 amide bonds. The normalized spacial score (nSPS) is 16.2. The van der Waals surface area contributed by atoms with E-state index in [1.807, 2.05) is 24.3 Å². The average Bonchev–Trinajstić information content (AvgIpc) is 3.33. The lowest BCUT2D eigenvalue weighted by molar-refractivity contribution is -0.139. The molecule has 37 heavy (non-hydrogen) atoms. The van der Waals surface area contributed by atoms with E-state index in [9.17, 15) is 18.0 Å². The summed E-state index contributed by atoms with van der Waals surface area (Å²) in [5.41, 5.74) is 1.09. The minimum atomic E-state index is -3.83. The first-order chi connectivity index (χ1) is 17.6. The van der Waals surface area contributed by atoms with Crippen LogP contribution in [-0.2, 0) is 26.2 Å². The molecule has 0 saturated heterocycles. The molecular formula is C26H32BrN3O6S. The SMILES string of the molecule is CC(C(=O)NC1CCCCC1)N(Cc1cccc(Br)c1)C(=O)CN(c1ccc2c(c1)OCO2)S(C)(=O)=O. The van der Waals surface area contributed by atoms with Crippen LogP contribution in [0.3, 0.4) is 0 Å². The molecule has 0 bridgehead atoms. The lowest BCUT2D eigenvalue weighted by atomic mass is 9.95. The van der Waals surface area contributed by atoms with Gasteiger partial charge in [0, 0.05) is 23.1 Å². The van der Waals surface area contributed by atoms with Gasteiger partial charge in [-0.2, -0.15) is 0 Å². The highest BCUT2D eigenvalue weighted by Crippen LogP contribution is 2.36. The molecule has 0 spiro atoms. The van der Waals surface area contributed by atoms with Crippen molar-refractivity contribution in [1.29, 1.82) is 0 Å². The highest BCUT2D eigenvalue weighted by Gasteiger charge is 2.31. The summed E-state index contributed by atoms with van der Waals surface area (Å²) in [6.07, 6.45) is 6.19. The van der Waals surface area contributed by atoms with Crippen molar-refractivity contribution in [3.63, 3.8) is 0 Å². The van der Waals surface area contributed by atoms with Crippen LogP contribution in [0.15, 0.2) is 46.9 Å². The molecule has 2 aromatic carbocycles. The molecule has 1 N–H and O–H groups in total. The van der Waals surface area contributed by atoms with Gasteiger partial charge in [-0.3, -0.25) is 13.9 Å². The molecule has 4 rings (SSSR count). The fourth-order valence-electron chi connectivity index (χ4n) is 4.64. The molecule has 11 heteroatoms.